The van der Waals surface area contributed by atoms with Gasteiger partial charge < -0.3 is 55.5 Å². The Balaban J connectivity index is 0.775. The van der Waals surface area contributed by atoms with E-state index in [4.69, 9.17) is 43.1 Å². The average Bonchev–Trinajstić information content (AvgIpc) is 1.63. The highest BCUT2D eigenvalue weighted by Gasteiger charge is 2.39. The zero-order valence-electron chi connectivity index (χ0n) is 53.3. The van der Waals surface area contributed by atoms with Gasteiger partial charge in [-0.3, -0.25) is 43.3 Å². The van der Waals surface area contributed by atoms with Gasteiger partial charge >= 0.3 is 24.2 Å². The molecule has 10 amide bonds. The first-order chi connectivity index (χ1) is 45.5. The number of ketones is 1. The molecule has 0 radical (unpaired) electrons. The molecule has 0 bridgehead atoms. The highest BCUT2D eigenvalue weighted by atomic mass is 35.5. The molecule has 0 saturated heterocycles. The fraction of sp³-hybridized carbons (Fsp3) is 0.377. The van der Waals surface area contributed by atoms with Crippen molar-refractivity contribution in [1.82, 2.24) is 25.3 Å². The first-order valence-corrected chi connectivity index (χ1v) is 33.2. The Kier molecular flexibility index (Phi) is 23.3. The number of alkyl halides is 2. The van der Waals surface area contributed by atoms with E-state index in [2.05, 4.69) is 16.0 Å². The molecule has 5 N–H and O–H groups in total. The molecular weight excluding hydrogens is 1280 g/mol. The summed E-state index contributed by atoms with van der Waals surface area (Å²) in [6.07, 6.45) is 3.03. The molecule has 4 atom stereocenters. The van der Waals surface area contributed by atoms with E-state index in [0.29, 0.717) is 64.3 Å². The third-order valence-electron chi connectivity index (χ3n) is 16.9. The van der Waals surface area contributed by atoms with Gasteiger partial charge in [-0.25, -0.2) is 14.4 Å². The van der Waals surface area contributed by atoms with Gasteiger partial charge in [-0.15, -0.1) is 34.5 Å². The van der Waals surface area contributed by atoms with E-state index in [0.717, 1.165) is 43.5 Å². The van der Waals surface area contributed by atoms with Gasteiger partial charge in [0.1, 0.15) is 18.1 Å². The highest BCUT2D eigenvalue weighted by molar-refractivity contribution is 7.16. The Morgan fingerprint density at radius 3 is 1.75 bits per heavy atom. The number of amides is 10. The quantitative estimate of drug-likeness (QED) is 0.0117. The predicted octanol–water partition coefficient (Wildman–Crippen LogP) is 10.2. The molecule has 3 aliphatic heterocycles. The Morgan fingerprint density at radius 1 is 0.684 bits per heavy atom. The minimum atomic E-state index is -0.882. The maximum Gasteiger partial charge on any atom is 0.415 e. The summed E-state index contributed by atoms with van der Waals surface area (Å²) in [6.45, 7) is 5.74. The van der Waals surface area contributed by atoms with Gasteiger partial charge in [-0.2, -0.15) is 0 Å². The van der Waals surface area contributed by atoms with Crippen LogP contribution in [0.2, 0.25) is 0 Å². The third kappa shape index (κ3) is 16.8. The standard InChI is InChI=1S/C69H75Cl2N9O14S/c1-40(2)63(75-58(83)19-7-6-12-29-78-59(84)26-27-60(78)85)53(82)32-43(14-13-28-73-67(72)89)64(86)74-46-22-20-42(21-23-46)39-92-68(90)76(4)30-31-77(5)69(91)94-55-34-52-62(50-18-11-9-16-48(50)55)45(36-71)38-80(52)66(88)57-25-24-56(95-57)65(87)79-37-44(35-70)61-49-17-10-8-15-47(49)54(33-51(61)79)93-41(3)81/h8-11,15-18,20-27,33-34,40,43-45,63H,6-7,12-14,19,28-32,35-39H2,1-5H3,(H,74,86)(H,75,83)(H3,72,73,89)/t43-,44-,45-,63+/m1/s1. The molecule has 9 rings (SSSR count). The summed E-state index contributed by atoms with van der Waals surface area (Å²) in [7, 11) is 3.04. The van der Waals surface area contributed by atoms with E-state index in [1.165, 1.54) is 43.0 Å². The number of anilines is 3. The number of nitrogens with zero attached hydrogens (tertiary/aromatic N) is 5. The molecular formula is C69H75Cl2N9O14S. The van der Waals surface area contributed by atoms with Crippen molar-refractivity contribution in [1.29, 1.82) is 0 Å². The maximum absolute atomic E-state index is 14.7. The topological polar surface area (TPSA) is 294 Å². The summed E-state index contributed by atoms with van der Waals surface area (Å²) in [6, 6.07) is 26.3. The number of benzene rings is 5. The number of urea groups is 1. The van der Waals surface area contributed by atoms with E-state index in [9.17, 15) is 52.7 Å². The summed E-state index contributed by atoms with van der Waals surface area (Å²) in [4.78, 5) is 152. The Labute approximate surface area is 563 Å². The summed E-state index contributed by atoms with van der Waals surface area (Å²) < 4.78 is 17.3. The molecule has 0 fully saturated rings. The van der Waals surface area contributed by atoms with Crippen LogP contribution in [0.4, 0.5) is 31.4 Å². The number of hydrogen-bond donors (Lipinski definition) is 4. The van der Waals surface area contributed by atoms with E-state index < -0.39 is 42.1 Å². The van der Waals surface area contributed by atoms with Gasteiger partial charge in [0.15, 0.2) is 5.78 Å². The van der Waals surface area contributed by atoms with Crippen LogP contribution in [0.5, 0.6) is 11.5 Å². The lowest BCUT2D eigenvalue weighted by Gasteiger charge is -2.24. The van der Waals surface area contributed by atoms with E-state index in [1.54, 1.807) is 72.2 Å². The van der Waals surface area contributed by atoms with Gasteiger partial charge in [-0.05, 0) is 83.3 Å². The number of carbonyl (C=O) groups excluding carboxylic acids is 11. The number of Topliss-reactive ketones (excluding diaryl/α,β-unsaturated/α-hetero) is 1. The predicted molar refractivity (Wildman–Crippen MR) is 361 cm³/mol. The lowest BCUT2D eigenvalue weighted by atomic mass is 9.89. The summed E-state index contributed by atoms with van der Waals surface area (Å²) in [5.41, 5.74) is 8.96. The fourth-order valence-corrected chi connectivity index (χ4v) is 13.4. The molecule has 95 heavy (non-hydrogen) atoms. The number of unbranched alkanes of at least 4 members (excludes halogenated alkanes) is 2. The number of ether oxygens (including phenoxy) is 3. The van der Waals surface area contributed by atoms with Crippen molar-refractivity contribution in [3.63, 3.8) is 0 Å². The minimum absolute atomic E-state index is 0.0370. The molecule has 0 unspecified atom stereocenters. The number of hydrogen-bond acceptors (Lipinski definition) is 15. The molecule has 0 aliphatic carbocycles. The van der Waals surface area contributed by atoms with Gasteiger partial charge in [0.05, 0.1) is 27.2 Å². The van der Waals surface area contributed by atoms with Crippen LogP contribution in [0, 0.1) is 11.8 Å². The largest absolute Gasteiger partial charge is 0.445 e. The second kappa shape index (κ2) is 31.7. The van der Waals surface area contributed by atoms with Crippen LogP contribution < -0.4 is 41.0 Å². The number of halogens is 2. The molecule has 6 aromatic rings. The van der Waals surface area contributed by atoms with Crippen LogP contribution in [-0.2, 0) is 40.1 Å². The molecule has 500 valence electrons. The summed E-state index contributed by atoms with van der Waals surface area (Å²) in [5, 5.41) is 11.0. The molecule has 3 aliphatic rings. The van der Waals surface area contributed by atoms with Crippen molar-refractivity contribution in [2.75, 3.05) is 80.2 Å². The van der Waals surface area contributed by atoms with E-state index >= 15 is 0 Å². The number of rotatable bonds is 28. The number of carbonyl (C=O) groups is 11. The SMILES string of the molecule is CC(=O)Oc1cc2c(c3ccccc13)[C@H](CCl)CN2C(=O)c1ccc(C(=O)N2C[C@@H](CCl)c3c2cc(OC(=O)N(C)CCN(C)C(=O)OCc2ccc(NC(=O)[C@H](CCCNC(N)=O)CC(=O)[C@@H](NC(=O)CCCCCN4C(=O)C=CC4=O)C(C)C)cc2)c2ccccc32)s1. The van der Waals surface area contributed by atoms with Crippen molar-refractivity contribution < 1.29 is 67.0 Å². The van der Waals surface area contributed by atoms with E-state index in [-0.39, 0.29) is 141 Å². The zero-order chi connectivity index (χ0) is 68.2. The molecule has 26 heteroatoms. The normalized spacial score (nSPS) is 15.3. The monoisotopic (exact) mass is 1360 g/mol. The van der Waals surface area contributed by atoms with Gasteiger partial charge in [0, 0.05) is 143 Å². The average molecular weight is 1360 g/mol. The van der Waals surface area contributed by atoms with E-state index in [1.807, 2.05) is 48.5 Å². The lowest BCUT2D eigenvalue weighted by Crippen LogP contribution is -2.45. The molecule has 0 saturated carbocycles. The Bertz CT molecular complexity index is 3970. The van der Waals surface area contributed by atoms with Crippen LogP contribution in [0.25, 0.3) is 21.5 Å². The fourth-order valence-electron chi connectivity index (χ4n) is 12.0. The molecule has 5 aromatic carbocycles. The highest BCUT2D eigenvalue weighted by Crippen LogP contribution is 2.48. The first kappa shape index (κ1) is 69.9. The van der Waals surface area contributed by atoms with Crippen LogP contribution in [0.1, 0.15) is 114 Å². The Hall–Kier alpha value is -9.39. The molecule has 1 aromatic heterocycles. The number of nitrogens with one attached hydrogen (secondary N) is 3. The lowest BCUT2D eigenvalue weighted by molar-refractivity contribution is -0.137. The number of likely N-dealkylation sites (N-methyl/N-ethyl adjacent to an activating group) is 2. The molecule has 0 spiro atoms. The molecule has 23 nitrogen and oxygen atoms in total. The number of thiophene rings is 1. The van der Waals surface area contributed by atoms with Crippen molar-refractivity contribution in [2.24, 2.45) is 17.6 Å². The molecule has 4 heterocycles. The summed E-state index contributed by atoms with van der Waals surface area (Å²) in [5.74, 6) is -3.86. The number of imide groups is 1. The first-order valence-electron chi connectivity index (χ1n) is 31.3. The van der Waals surface area contributed by atoms with Crippen molar-refractivity contribution >= 4 is 139 Å². The minimum Gasteiger partial charge on any atom is -0.445 e. The van der Waals surface area contributed by atoms with Crippen LogP contribution in [-0.4, -0.2) is 151 Å². The number of esters is 1. The third-order valence-corrected chi connectivity index (χ3v) is 18.7. The second-order valence-electron chi connectivity index (χ2n) is 24.0. The van der Waals surface area contributed by atoms with Crippen molar-refractivity contribution in [3.05, 3.63) is 136 Å². The number of nitrogens with two attached hydrogens (primary N) is 1. The van der Waals surface area contributed by atoms with Crippen LogP contribution >= 0.6 is 34.5 Å². The number of fused-ring (bicyclic) bond motifs is 6. The second-order valence-corrected chi connectivity index (χ2v) is 25.7. The van der Waals surface area contributed by atoms with Gasteiger partial charge in [-0.1, -0.05) is 80.9 Å². The van der Waals surface area contributed by atoms with Gasteiger partial charge in [0.2, 0.25) is 11.8 Å². The van der Waals surface area contributed by atoms with Crippen molar-refractivity contribution in [3.8, 4) is 11.5 Å². The number of primary amides is 1. The maximum atomic E-state index is 14.7. The van der Waals surface area contributed by atoms with Crippen LogP contribution in [0.15, 0.2) is 109 Å². The summed E-state index contributed by atoms with van der Waals surface area (Å²) >= 11 is 14.2. The Morgan fingerprint density at radius 2 is 1.22 bits per heavy atom. The zero-order valence-corrected chi connectivity index (χ0v) is 55.6. The van der Waals surface area contributed by atoms with Gasteiger partial charge in [0.25, 0.3) is 23.6 Å². The van der Waals surface area contributed by atoms with Crippen molar-refractivity contribution in [2.45, 2.75) is 90.2 Å². The smallest absolute Gasteiger partial charge is 0.415 e. The van der Waals surface area contributed by atoms with Crippen LogP contribution in [0.3, 0.4) is 0 Å².